The van der Waals surface area contributed by atoms with E-state index in [9.17, 15) is 9.59 Å². The van der Waals surface area contributed by atoms with Crippen LogP contribution in [0.5, 0.6) is 0 Å². The van der Waals surface area contributed by atoms with E-state index in [-0.39, 0.29) is 23.2 Å². The van der Waals surface area contributed by atoms with Crippen LogP contribution < -0.4 is 0 Å². The number of rotatable bonds is 0. The third kappa shape index (κ3) is 1.27. The number of hydrogen-bond donors (Lipinski definition) is 0. The first-order valence-electron chi connectivity index (χ1n) is 5.90. The van der Waals surface area contributed by atoms with Crippen molar-refractivity contribution < 1.29 is 11.0 Å². The summed E-state index contributed by atoms with van der Waals surface area (Å²) in [6.07, 6.45) is 0. The Bertz CT molecular complexity index is 642. The van der Waals surface area contributed by atoms with Gasteiger partial charge in [-0.3, -0.25) is 9.59 Å². The van der Waals surface area contributed by atoms with Gasteiger partial charge >= 0.3 is 0 Å². The molecule has 0 aromatic heterocycles. The van der Waals surface area contributed by atoms with Gasteiger partial charge in [0.25, 0.3) is 0 Å². The van der Waals surface area contributed by atoms with E-state index in [1.807, 2.05) is 0 Å². The van der Waals surface area contributed by atoms with Gasteiger partial charge in [-0.2, -0.15) is 0 Å². The van der Waals surface area contributed by atoms with Crippen molar-refractivity contribution in [3.8, 4) is 0 Å². The number of carbonyl (C=O) groups is 2. The van der Waals surface area contributed by atoms with E-state index in [1.165, 1.54) is 0 Å². The standard InChI is InChI=1S/C15H10O2/c1-9-5-4-8-12-13(9)15(17)11-7-3-2-6-10(11)14(12)16/h2-8H,1H3/i8D. The highest BCUT2D eigenvalue weighted by Crippen LogP contribution is 2.28. The van der Waals surface area contributed by atoms with Gasteiger partial charge in [-0.05, 0) is 12.5 Å². The molecule has 0 amide bonds. The van der Waals surface area contributed by atoms with Crippen LogP contribution in [0.4, 0.5) is 0 Å². The average Bonchev–Trinajstić information content (AvgIpc) is 2.38. The van der Waals surface area contributed by atoms with E-state index >= 15 is 0 Å². The molecular formula is C15H10O2. The Labute approximate surface area is 100 Å². The molecular weight excluding hydrogens is 212 g/mol. The van der Waals surface area contributed by atoms with Crippen LogP contribution in [0, 0.1) is 6.92 Å². The van der Waals surface area contributed by atoms with Crippen molar-refractivity contribution in [2.24, 2.45) is 0 Å². The van der Waals surface area contributed by atoms with Gasteiger partial charge in [0.15, 0.2) is 11.6 Å². The maximum absolute atomic E-state index is 12.4. The second-order valence-corrected chi connectivity index (χ2v) is 4.11. The van der Waals surface area contributed by atoms with Gasteiger partial charge in [-0.15, -0.1) is 0 Å². The summed E-state index contributed by atoms with van der Waals surface area (Å²) in [4.78, 5) is 24.7. The van der Waals surface area contributed by atoms with E-state index in [4.69, 9.17) is 1.37 Å². The van der Waals surface area contributed by atoms with Gasteiger partial charge in [0.1, 0.15) is 0 Å². The molecule has 1 aliphatic carbocycles. The summed E-state index contributed by atoms with van der Waals surface area (Å²) in [6, 6.07) is 10.2. The number of fused-ring (bicyclic) bond motifs is 2. The quantitative estimate of drug-likeness (QED) is 0.587. The van der Waals surface area contributed by atoms with Gasteiger partial charge in [0, 0.05) is 22.3 Å². The lowest BCUT2D eigenvalue weighted by Crippen LogP contribution is -2.21. The molecule has 17 heavy (non-hydrogen) atoms. The van der Waals surface area contributed by atoms with E-state index in [0.717, 1.165) is 5.56 Å². The second-order valence-electron chi connectivity index (χ2n) is 4.11. The Kier molecular flexibility index (Phi) is 1.77. The smallest absolute Gasteiger partial charge is 0.194 e. The van der Waals surface area contributed by atoms with Crippen molar-refractivity contribution in [1.29, 1.82) is 0 Å². The van der Waals surface area contributed by atoms with Gasteiger partial charge < -0.3 is 0 Å². The molecule has 0 saturated heterocycles. The van der Waals surface area contributed by atoms with Crippen molar-refractivity contribution in [3.05, 3.63) is 70.3 Å². The normalized spacial score (nSPS) is 14.1. The third-order valence-electron chi connectivity index (χ3n) is 3.08. The number of carbonyl (C=O) groups excluding carboxylic acids is 2. The van der Waals surface area contributed by atoms with E-state index in [1.54, 1.807) is 43.3 Å². The van der Waals surface area contributed by atoms with Crippen LogP contribution >= 0.6 is 0 Å². The van der Waals surface area contributed by atoms with E-state index in [2.05, 4.69) is 0 Å². The lowest BCUT2D eigenvalue weighted by atomic mass is 9.82. The number of benzene rings is 2. The molecule has 0 radical (unpaired) electrons. The zero-order valence-electron chi connectivity index (χ0n) is 10.3. The van der Waals surface area contributed by atoms with Crippen molar-refractivity contribution in [3.63, 3.8) is 0 Å². The predicted molar refractivity (Wildman–Crippen MR) is 64.5 cm³/mol. The molecule has 0 heterocycles. The van der Waals surface area contributed by atoms with E-state index < -0.39 is 0 Å². The Morgan fingerprint density at radius 2 is 1.53 bits per heavy atom. The molecule has 2 aromatic carbocycles. The Morgan fingerprint density at radius 3 is 2.24 bits per heavy atom. The molecule has 0 unspecified atom stereocenters. The number of aryl methyl sites for hydroxylation is 1. The van der Waals surface area contributed by atoms with Gasteiger partial charge in [0.05, 0.1) is 1.37 Å². The minimum absolute atomic E-state index is 0.114. The van der Waals surface area contributed by atoms with Crippen LogP contribution in [0.1, 0.15) is 38.8 Å². The van der Waals surface area contributed by atoms with Crippen LogP contribution in [-0.4, -0.2) is 11.6 Å². The minimum Gasteiger partial charge on any atom is -0.289 e. The molecule has 0 atom stereocenters. The molecule has 2 heteroatoms. The molecule has 2 aromatic rings. The summed E-state index contributed by atoms with van der Waals surface area (Å²) in [5.41, 5.74) is 2.19. The first-order chi connectivity index (χ1) is 8.61. The maximum Gasteiger partial charge on any atom is 0.194 e. The molecule has 0 fully saturated rings. The molecule has 0 spiro atoms. The molecule has 1 aliphatic rings. The number of ketones is 2. The summed E-state index contributed by atoms with van der Waals surface area (Å²) in [5.74, 6) is -0.388. The van der Waals surface area contributed by atoms with Crippen LogP contribution in [0.25, 0.3) is 0 Å². The van der Waals surface area contributed by atoms with E-state index in [0.29, 0.717) is 16.7 Å². The summed E-state index contributed by atoms with van der Waals surface area (Å²) in [5, 5.41) is 0. The summed E-state index contributed by atoms with van der Waals surface area (Å²) in [6.45, 7) is 1.79. The van der Waals surface area contributed by atoms with Crippen LogP contribution in [0.3, 0.4) is 0 Å². The van der Waals surface area contributed by atoms with Crippen molar-refractivity contribution in [2.45, 2.75) is 6.92 Å². The Hall–Kier alpha value is -2.22. The maximum atomic E-state index is 12.4. The summed E-state index contributed by atoms with van der Waals surface area (Å²) < 4.78 is 7.83. The van der Waals surface area contributed by atoms with Crippen molar-refractivity contribution in [2.75, 3.05) is 0 Å². The fraction of sp³-hybridized carbons (Fsp3) is 0.0667. The molecule has 3 rings (SSSR count). The first kappa shape index (κ1) is 8.88. The first-order valence-corrected chi connectivity index (χ1v) is 5.40. The lowest BCUT2D eigenvalue weighted by Gasteiger charge is -2.18. The SMILES string of the molecule is [2H]c1ccc(C)c2c1C(=O)c1ccccc1C2=O. The summed E-state index contributed by atoms with van der Waals surface area (Å²) in [7, 11) is 0. The zero-order chi connectivity index (χ0) is 12.9. The monoisotopic (exact) mass is 223 g/mol. The highest BCUT2D eigenvalue weighted by atomic mass is 16.1. The number of hydrogen-bond acceptors (Lipinski definition) is 2. The molecule has 2 nitrogen and oxygen atoms in total. The summed E-state index contributed by atoms with van der Waals surface area (Å²) >= 11 is 0. The largest absolute Gasteiger partial charge is 0.289 e. The van der Waals surface area contributed by atoms with Crippen molar-refractivity contribution in [1.82, 2.24) is 0 Å². The van der Waals surface area contributed by atoms with Gasteiger partial charge in [-0.1, -0.05) is 42.4 Å². The third-order valence-corrected chi connectivity index (χ3v) is 3.08. The predicted octanol–water partition coefficient (Wildman–Crippen LogP) is 2.77. The van der Waals surface area contributed by atoms with Crippen LogP contribution in [-0.2, 0) is 0 Å². The average molecular weight is 223 g/mol. The minimum atomic E-state index is -0.228. The second kappa shape index (κ2) is 3.39. The zero-order valence-corrected chi connectivity index (χ0v) is 9.28. The molecule has 0 N–H and O–H groups in total. The van der Waals surface area contributed by atoms with Crippen molar-refractivity contribution >= 4 is 11.6 Å². The molecule has 0 saturated carbocycles. The van der Waals surface area contributed by atoms with Gasteiger partial charge in [0.2, 0.25) is 0 Å². The lowest BCUT2D eigenvalue weighted by molar-refractivity contribution is 0.0978. The fourth-order valence-electron chi connectivity index (χ4n) is 2.22. The highest BCUT2D eigenvalue weighted by molar-refractivity contribution is 6.28. The highest BCUT2D eigenvalue weighted by Gasteiger charge is 2.29. The topological polar surface area (TPSA) is 34.1 Å². The molecule has 82 valence electrons. The Balaban J connectivity index is 2.41. The molecule has 0 bridgehead atoms. The molecule has 0 aliphatic heterocycles. The fourth-order valence-corrected chi connectivity index (χ4v) is 2.22. The Morgan fingerprint density at radius 1 is 0.882 bits per heavy atom. The van der Waals surface area contributed by atoms with Gasteiger partial charge in [-0.25, -0.2) is 0 Å². The van der Waals surface area contributed by atoms with Crippen LogP contribution in [0.15, 0.2) is 42.4 Å². The van der Waals surface area contributed by atoms with Crippen LogP contribution in [0.2, 0.25) is 0 Å².